The number of aryl methyl sites for hydroxylation is 2. The van der Waals surface area contributed by atoms with Crippen LogP contribution in [-0.2, 0) is 11.8 Å². The molecule has 0 atom stereocenters. The Hall–Kier alpha value is -4.85. The van der Waals surface area contributed by atoms with E-state index in [1.54, 1.807) is 25.7 Å². The zero-order valence-corrected chi connectivity index (χ0v) is 25.4. The van der Waals surface area contributed by atoms with Crippen LogP contribution < -0.4 is 10.6 Å². The molecular weight excluding hydrogens is 552 g/mol. The third-order valence-electron chi connectivity index (χ3n) is 9.12. The molecule has 0 unspecified atom stereocenters. The van der Waals surface area contributed by atoms with Gasteiger partial charge in [0.1, 0.15) is 11.4 Å². The minimum absolute atomic E-state index is 0.165. The Kier molecular flexibility index (Phi) is 7.99. The lowest BCUT2D eigenvalue weighted by Gasteiger charge is -2.33. The molecule has 8 heteroatoms. The van der Waals surface area contributed by atoms with Gasteiger partial charge in [-0.25, -0.2) is 4.79 Å². The lowest BCUT2D eigenvalue weighted by molar-refractivity contribution is -0.131. The maximum atomic E-state index is 14.0. The molecule has 0 bridgehead atoms. The summed E-state index contributed by atoms with van der Waals surface area (Å²) in [4.78, 5) is 29.6. The number of rotatable bonds is 8. The van der Waals surface area contributed by atoms with Crippen molar-refractivity contribution in [3.63, 3.8) is 0 Å². The van der Waals surface area contributed by atoms with Crippen LogP contribution in [0.25, 0.3) is 28.2 Å². The first-order valence-electron chi connectivity index (χ1n) is 15.2. The number of nitrogens with one attached hydrogen (secondary N) is 2. The molecule has 2 heterocycles. The van der Waals surface area contributed by atoms with Crippen LogP contribution in [0.5, 0.6) is 0 Å². The van der Waals surface area contributed by atoms with E-state index in [9.17, 15) is 9.59 Å². The lowest BCUT2D eigenvalue weighted by atomic mass is 9.92. The summed E-state index contributed by atoms with van der Waals surface area (Å²) in [5.74, 6) is -0.0337. The number of anilines is 1. The number of fused-ring (bicyclic) bond motifs is 1. The highest BCUT2D eigenvalue weighted by Gasteiger charge is 2.39. The van der Waals surface area contributed by atoms with Crippen molar-refractivity contribution in [2.45, 2.75) is 56.9 Å². The van der Waals surface area contributed by atoms with Gasteiger partial charge in [0.05, 0.1) is 18.2 Å². The molecular formula is C36H38N4O4. The molecule has 2 aliphatic carbocycles. The minimum Gasteiger partial charge on any atom is -0.478 e. The molecule has 226 valence electrons. The van der Waals surface area contributed by atoms with Crippen molar-refractivity contribution >= 4 is 40.4 Å². The molecule has 44 heavy (non-hydrogen) atoms. The Labute approximate surface area is 257 Å². The molecule has 3 N–H and O–H groups in total. The molecule has 4 aromatic rings. The predicted octanol–water partition coefficient (Wildman–Crippen LogP) is 7.46. The predicted molar refractivity (Wildman–Crippen MR) is 175 cm³/mol. The Bertz CT molecular complexity index is 1800. The Morgan fingerprint density at radius 2 is 1.86 bits per heavy atom. The number of aromatic nitrogens is 1. The van der Waals surface area contributed by atoms with Crippen LogP contribution >= 0.6 is 0 Å². The monoisotopic (exact) mass is 590 g/mol. The molecule has 1 fully saturated rings. The van der Waals surface area contributed by atoms with E-state index in [2.05, 4.69) is 45.5 Å². The van der Waals surface area contributed by atoms with Crippen molar-refractivity contribution in [3.05, 3.63) is 95.5 Å². The first-order valence-corrected chi connectivity index (χ1v) is 15.2. The molecule has 8 nitrogen and oxygen atoms in total. The van der Waals surface area contributed by atoms with E-state index < -0.39 is 11.5 Å². The van der Waals surface area contributed by atoms with Crippen molar-refractivity contribution in [1.82, 2.24) is 9.88 Å². The lowest BCUT2D eigenvalue weighted by Crippen LogP contribution is -2.55. The quantitative estimate of drug-likeness (QED) is 0.0854. The normalized spacial score (nSPS) is 16.8. The van der Waals surface area contributed by atoms with Gasteiger partial charge >= 0.3 is 5.97 Å². The highest BCUT2D eigenvalue weighted by atomic mass is 16.4. The van der Waals surface area contributed by atoms with Gasteiger partial charge < -0.3 is 24.7 Å². The first kappa shape index (κ1) is 29.2. The number of carboxylic acid groups (broad SMARTS) is 1. The van der Waals surface area contributed by atoms with Crippen LogP contribution in [0.3, 0.4) is 0 Å². The van der Waals surface area contributed by atoms with E-state index >= 15 is 0 Å². The van der Waals surface area contributed by atoms with Crippen molar-refractivity contribution in [1.29, 1.82) is 0 Å². The SMILES string of the molecule is CN=C(Nc1cc(/C=C/C(=O)O)ccc1C)C1(NC(=O)c2ccc3c(C4CCCC4)c(-c4ccoc4)n(C)c3c2)CC=CC1. The largest absolute Gasteiger partial charge is 0.478 e. The van der Waals surface area contributed by atoms with E-state index in [4.69, 9.17) is 9.52 Å². The molecule has 0 aliphatic heterocycles. The van der Waals surface area contributed by atoms with Crippen molar-refractivity contribution in [2.24, 2.45) is 12.0 Å². The zero-order valence-electron chi connectivity index (χ0n) is 25.4. The summed E-state index contributed by atoms with van der Waals surface area (Å²) >= 11 is 0. The van der Waals surface area contributed by atoms with Gasteiger partial charge in [-0.3, -0.25) is 9.79 Å². The van der Waals surface area contributed by atoms with E-state index in [0.717, 1.165) is 39.7 Å². The van der Waals surface area contributed by atoms with Gasteiger partial charge in [-0.2, -0.15) is 0 Å². The van der Waals surface area contributed by atoms with E-state index in [0.29, 0.717) is 30.2 Å². The summed E-state index contributed by atoms with van der Waals surface area (Å²) in [6.07, 6.45) is 16.3. The maximum absolute atomic E-state index is 14.0. The second-order valence-corrected chi connectivity index (χ2v) is 11.9. The summed E-state index contributed by atoms with van der Waals surface area (Å²) in [5.41, 5.74) is 6.97. The van der Waals surface area contributed by atoms with Gasteiger partial charge in [0.2, 0.25) is 0 Å². The average Bonchev–Trinajstić information content (AvgIpc) is 3.84. The average molecular weight is 591 g/mol. The highest BCUT2D eigenvalue weighted by Crippen LogP contribution is 2.44. The number of aliphatic carboxylic acids is 1. The Balaban J connectivity index is 1.32. The molecule has 1 amide bonds. The number of carbonyl (C=O) groups excluding carboxylic acids is 1. The van der Waals surface area contributed by atoms with Gasteiger partial charge in [0, 0.05) is 47.9 Å². The molecule has 2 aromatic carbocycles. The highest BCUT2D eigenvalue weighted by molar-refractivity contribution is 6.08. The summed E-state index contributed by atoms with van der Waals surface area (Å²) in [7, 11) is 3.79. The maximum Gasteiger partial charge on any atom is 0.328 e. The number of aliphatic imine (C=N–C) groups is 1. The van der Waals surface area contributed by atoms with Crippen LogP contribution in [0.4, 0.5) is 5.69 Å². The Morgan fingerprint density at radius 1 is 1.09 bits per heavy atom. The molecule has 1 saturated carbocycles. The number of hydrogen-bond donors (Lipinski definition) is 3. The zero-order chi connectivity index (χ0) is 30.8. The van der Waals surface area contributed by atoms with Gasteiger partial charge in [0.15, 0.2) is 0 Å². The van der Waals surface area contributed by atoms with Crippen molar-refractivity contribution in [3.8, 4) is 11.3 Å². The van der Waals surface area contributed by atoms with E-state index in [-0.39, 0.29) is 5.91 Å². The molecule has 0 spiro atoms. The molecule has 2 aromatic heterocycles. The van der Waals surface area contributed by atoms with Crippen LogP contribution in [0.1, 0.15) is 71.5 Å². The van der Waals surface area contributed by atoms with Crippen molar-refractivity contribution < 1.29 is 19.1 Å². The molecule has 6 rings (SSSR count). The van der Waals surface area contributed by atoms with Crippen LogP contribution in [0.2, 0.25) is 0 Å². The molecule has 2 aliphatic rings. The smallest absolute Gasteiger partial charge is 0.328 e. The van der Waals surface area contributed by atoms with Gasteiger partial charge in [-0.05, 0) is 85.6 Å². The van der Waals surface area contributed by atoms with Crippen LogP contribution in [-0.4, -0.2) is 40.0 Å². The van der Waals surface area contributed by atoms with E-state index in [1.165, 1.54) is 36.6 Å². The second kappa shape index (κ2) is 12.0. The second-order valence-electron chi connectivity index (χ2n) is 11.9. The fourth-order valence-corrected chi connectivity index (χ4v) is 6.84. The fourth-order valence-electron chi connectivity index (χ4n) is 6.84. The number of amidine groups is 1. The molecule has 0 saturated heterocycles. The number of nitrogens with zero attached hydrogens (tertiary/aromatic N) is 2. The van der Waals surface area contributed by atoms with Gasteiger partial charge in [0.25, 0.3) is 5.91 Å². The summed E-state index contributed by atoms with van der Waals surface area (Å²) in [5, 5.41) is 17.0. The van der Waals surface area contributed by atoms with Gasteiger partial charge in [-0.1, -0.05) is 43.2 Å². The van der Waals surface area contributed by atoms with E-state index in [1.807, 2.05) is 43.3 Å². The number of furan rings is 1. The van der Waals surface area contributed by atoms with Crippen LogP contribution in [0.15, 0.2) is 82.6 Å². The number of hydrogen-bond acceptors (Lipinski definition) is 4. The topological polar surface area (TPSA) is 109 Å². The third-order valence-corrected chi connectivity index (χ3v) is 9.12. The summed E-state index contributed by atoms with van der Waals surface area (Å²) in [6, 6.07) is 13.7. The number of benzene rings is 2. The minimum atomic E-state index is -1.00. The number of carbonyl (C=O) groups is 2. The van der Waals surface area contributed by atoms with Crippen LogP contribution in [0, 0.1) is 6.92 Å². The fraction of sp³-hybridized carbons (Fsp3) is 0.306. The van der Waals surface area contributed by atoms with Gasteiger partial charge in [-0.15, -0.1) is 0 Å². The summed E-state index contributed by atoms with van der Waals surface area (Å²) < 4.78 is 7.67. The molecule has 0 radical (unpaired) electrons. The van der Waals surface area contributed by atoms with Crippen molar-refractivity contribution in [2.75, 3.05) is 12.4 Å². The first-order chi connectivity index (χ1) is 21.3. The third kappa shape index (κ3) is 5.48. The Morgan fingerprint density at radius 3 is 2.55 bits per heavy atom. The number of carboxylic acids is 1. The summed E-state index contributed by atoms with van der Waals surface area (Å²) in [6.45, 7) is 1.98. The number of amides is 1. The standard InChI is InChI=1S/C36H38N4O4/c1-23-10-11-24(12-15-31(41)42)20-29(23)38-35(37-2)36(17-6-7-18-36)39-34(43)26-13-14-28-30(21-26)40(3)33(27-16-19-44-22-27)32(28)25-8-4-5-9-25/h6-7,10-16,19-22,25H,4-5,8-9,17-18H2,1-3H3,(H,37,38)(H,39,43)(H,41,42)/b15-12+.